The molecule has 4 rings (SSSR count). The lowest BCUT2D eigenvalue weighted by Crippen LogP contribution is -2.33. The molecule has 4 N–H and O–H groups in total. The van der Waals surface area contributed by atoms with Crippen molar-refractivity contribution in [2.75, 3.05) is 5.73 Å². The summed E-state index contributed by atoms with van der Waals surface area (Å²) in [5.41, 5.74) is 6.26. The Morgan fingerprint density at radius 3 is 2.81 bits per heavy atom. The van der Waals surface area contributed by atoms with E-state index in [-0.39, 0.29) is 17.0 Å². The van der Waals surface area contributed by atoms with Crippen LogP contribution >= 0.6 is 0 Å². The summed E-state index contributed by atoms with van der Waals surface area (Å²) in [5.74, 6) is -3.80. The van der Waals surface area contributed by atoms with Gasteiger partial charge in [-0.05, 0) is 0 Å². The Hall–Kier alpha value is -2.44. The molecule has 2 aromatic rings. The number of carbonyl (C=O) groups is 1. The van der Waals surface area contributed by atoms with E-state index in [9.17, 15) is 23.8 Å². The Morgan fingerprint density at radius 2 is 2.12 bits per heavy atom. The van der Waals surface area contributed by atoms with Crippen LogP contribution in [0.25, 0.3) is 11.2 Å². The number of aromatic nitrogens is 4. The molecule has 0 amide bonds. The molecular formula is C14H15F2N5O5. The fourth-order valence-electron chi connectivity index (χ4n) is 2.87. The molecule has 0 radical (unpaired) electrons. The van der Waals surface area contributed by atoms with Crippen LogP contribution < -0.4 is 5.73 Å². The number of aliphatic hydroxyl groups is 2. The van der Waals surface area contributed by atoms with Gasteiger partial charge < -0.3 is 25.4 Å². The van der Waals surface area contributed by atoms with Crippen molar-refractivity contribution in [3.8, 4) is 0 Å². The minimum absolute atomic E-state index is 0.132. The van der Waals surface area contributed by atoms with Gasteiger partial charge in [-0.15, -0.1) is 0 Å². The number of nitrogens with zero attached hydrogens (tertiary/aromatic N) is 4. The third kappa shape index (κ3) is 2.75. The van der Waals surface area contributed by atoms with Crippen LogP contribution in [0.15, 0.2) is 12.7 Å². The van der Waals surface area contributed by atoms with E-state index >= 15 is 0 Å². The van der Waals surface area contributed by atoms with Crippen LogP contribution in [0.5, 0.6) is 0 Å². The second-order valence-corrected chi connectivity index (χ2v) is 6.28. The van der Waals surface area contributed by atoms with Crippen molar-refractivity contribution >= 4 is 23.0 Å². The number of nitrogen functional groups attached to an aromatic ring is 1. The molecule has 1 aliphatic carbocycles. The van der Waals surface area contributed by atoms with E-state index in [2.05, 4.69) is 19.7 Å². The van der Waals surface area contributed by atoms with Gasteiger partial charge in [0.05, 0.1) is 25.3 Å². The number of nitrogens with two attached hydrogens (primary N) is 1. The molecule has 5 atom stereocenters. The molecule has 26 heavy (non-hydrogen) atoms. The van der Waals surface area contributed by atoms with Crippen LogP contribution in [-0.4, -0.2) is 66.0 Å². The van der Waals surface area contributed by atoms with Crippen LogP contribution in [0.4, 0.5) is 14.6 Å². The highest BCUT2D eigenvalue weighted by atomic mass is 19.3. The van der Waals surface area contributed by atoms with Crippen LogP contribution in [-0.2, 0) is 14.3 Å². The van der Waals surface area contributed by atoms with Gasteiger partial charge in [-0.3, -0.25) is 9.36 Å². The quantitative estimate of drug-likeness (QED) is 0.598. The van der Waals surface area contributed by atoms with Gasteiger partial charge in [-0.25, -0.2) is 23.7 Å². The summed E-state index contributed by atoms with van der Waals surface area (Å²) in [6, 6.07) is 0. The van der Waals surface area contributed by atoms with Crippen LogP contribution in [0.1, 0.15) is 19.1 Å². The summed E-state index contributed by atoms with van der Waals surface area (Å²) in [7, 11) is 0. The molecule has 10 nitrogen and oxygen atoms in total. The van der Waals surface area contributed by atoms with E-state index in [1.807, 2.05) is 0 Å². The molecule has 1 saturated carbocycles. The first-order valence-corrected chi connectivity index (χ1v) is 7.80. The summed E-state index contributed by atoms with van der Waals surface area (Å²) in [6.45, 7) is 0. The van der Waals surface area contributed by atoms with Gasteiger partial charge >= 0.3 is 5.97 Å². The summed E-state index contributed by atoms with van der Waals surface area (Å²) in [6.07, 6.45) is -4.97. The smallest absolute Gasteiger partial charge is 0.309 e. The monoisotopic (exact) mass is 371 g/mol. The minimum Gasteiger partial charge on any atom is -0.456 e. The Bertz CT molecular complexity index is 861. The number of carbonyl (C=O) groups excluding carboxylic acids is 1. The summed E-state index contributed by atoms with van der Waals surface area (Å²) < 4.78 is 37.1. The number of fused-ring (bicyclic) bond motifs is 1. The normalized spacial score (nSPS) is 32.7. The van der Waals surface area contributed by atoms with Crippen molar-refractivity contribution in [2.24, 2.45) is 0 Å². The van der Waals surface area contributed by atoms with Gasteiger partial charge in [0.25, 0.3) is 5.92 Å². The number of alkyl halides is 2. The molecular weight excluding hydrogens is 356 g/mol. The Morgan fingerprint density at radius 1 is 1.38 bits per heavy atom. The molecule has 0 aromatic carbocycles. The first-order chi connectivity index (χ1) is 12.3. The number of anilines is 1. The number of halogens is 2. The Kier molecular flexibility index (Phi) is 3.78. The highest BCUT2D eigenvalue weighted by Crippen LogP contribution is 2.44. The van der Waals surface area contributed by atoms with E-state index in [0.717, 1.165) is 0 Å². The minimum atomic E-state index is -3.00. The van der Waals surface area contributed by atoms with Crippen LogP contribution in [0.2, 0.25) is 0 Å². The fourth-order valence-corrected chi connectivity index (χ4v) is 2.87. The molecule has 12 heteroatoms. The molecule has 2 aliphatic rings. The largest absolute Gasteiger partial charge is 0.456 e. The highest BCUT2D eigenvalue weighted by molar-refractivity contribution is 5.81. The molecule has 1 saturated heterocycles. The molecule has 140 valence electrons. The first-order valence-electron chi connectivity index (χ1n) is 7.80. The van der Waals surface area contributed by atoms with Gasteiger partial charge in [0, 0.05) is 0 Å². The van der Waals surface area contributed by atoms with E-state index in [1.165, 1.54) is 17.2 Å². The third-order valence-electron chi connectivity index (χ3n) is 4.41. The van der Waals surface area contributed by atoms with Crippen molar-refractivity contribution in [3.05, 3.63) is 12.7 Å². The van der Waals surface area contributed by atoms with Crippen molar-refractivity contribution < 1.29 is 33.3 Å². The lowest BCUT2D eigenvalue weighted by molar-refractivity contribution is -0.153. The first kappa shape index (κ1) is 17.0. The second-order valence-electron chi connectivity index (χ2n) is 6.28. The lowest BCUT2D eigenvalue weighted by atomic mass is 10.1. The van der Waals surface area contributed by atoms with Gasteiger partial charge in [0.15, 0.2) is 23.8 Å². The number of esters is 1. The Labute approximate surface area is 144 Å². The van der Waals surface area contributed by atoms with Gasteiger partial charge in [0.1, 0.15) is 24.1 Å². The topological polar surface area (TPSA) is 146 Å². The van der Waals surface area contributed by atoms with E-state index in [1.54, 1.807) is 0 Å². The van der Waals surface area contributed by atoms with E-state index < -0.39 is 55.4 Å². The van der Waals surface area contributed by atoms with Crippen LogP contribution in [0.3, 0.4) is 0 Å². The Balaban J connectivity index is 1.49. The summed E-state index contributed by atoms with van der Waals surface area (Å²) >= 11 is 0. The molecule has 3 heterocycles. The maximum atomic E-state index is 12.8. The van der Waals surface area contributed by atoms with Crippen LogP contribution in [0, 0.1) is 0 Å². The number of imidazole rings is 1. The summed E-state index contributed by atoms with van der Waals surface area (Å²) in [4.78, 5) is 23.6. The van der Waals surface area contributed by atoms with Crippen molar-refractivity contribution in [3.63, 3.8) is 0 Å². The average molecular weight is 371 g/mol. The number of aliphatic hydroxyl groups excluding tert-OH is 2. The fraction of sp³-hybridized carbons (Fsp3) is 0.571. The highest BCUT2D eigenvalue weighted by Gasteiger charge is 2.60. The summed E-state index contributed by atoms with van der Waals surface area (Å²) in [5, 5.41) is 20.4. The molecule has 0 spiro atoms. The molecule has 2 aromatic heterocycles. The maximum Gasteiger partial charge on any atom is 0.309 e. The number of hydrogen-bond donors (Lipinski definition) is 3. The number of rotatable bonds is 4. The predicted molar refractivity (Wildman–Crippen MR) is 79.7 cm³/mol. The van der Waals surface area contributed by atoms with Crippen molar-refractivity contribution in [1.82, 2.24) is 19.5 Å². The molecule has 2 fully saturated rings. The zero-order valence-corrected chi connectivity index (χ0v) is 13.2. The van der Waals surface area contributed by atoms with E-state index in [4.69, 9.17) is 10.5 Å². The average Bonchev–Trinajstić information content (AvgIpc) is 2.91. The standard InChI is InChI=1S/C14H15F2N5O5/c15-14(16)2-6(14)26-7(22)1-5-9(23)10(24)13(25-5)21-4-20-8-11(17)18-3-19-12(8)21/h3-6,9-10,13,23-24H,1-2H2,(H2,17,18,19)/t5-,6?,9-,10-,13-/m1/s1. The van der Waals surface area contributed by atoms with Gasteiger partial charge in [-0.2, -0.15) is 0 Å². The van der Waals surface area contributed by atoms with Crippen molar-refractivity contribution in [1.29, 1.82) is 0 Å². The molecule has 1 aliphatic heterocycles. The zero-order chi connectivity index (χ0) is 18.6. The van der Waals surface area contributed by atoms with Gasteiger partial charge in [-0.1, -0.05) is 0 Å². The van der Waals surface area contributed by atoms with Crippen molar-refractivity contribution in [2.45, 2.75) is 49.4 Å². The van der Waals surface area contributed by atoms with Gasteiger partial charge in [0.2, 0.25) is 0 Å². The zero-order valence-electron chi connectivity index (χ0n) is 13.2. The number of ether oxygens (including phenoxy) is 2. The lowest BCUT2D eigenvalue weighted by Gasteiger charge is -2.16. The number of hydrogen-bond acceptors (Lipinski definition) is 9. The maximum absolute atomic E-state index is 12.8. The molecule has 0 bridgehead atoms. The third-order valence-corrected chi connectivity index (χ3v) is 4.41. The molecule has 1 unspecified atom stereocenters. The van der Waals surface area contributed by atoms with E-state index in [0.29, 0.717) is 0 Å². The predicted octanol–water partition coefficient (Wildman–Crippen LogP) is -0.631. The SMILES string of the molecule is Nc1ncnc2c1ncn2[C@@H]1O[C@H](CC(=O)OC2CC2(F)F)[C@@H](O)[C@H]1O. The second kappa shape index (κ2) is 5.79.